The summed E-state index contributed by atoms with van der Waals surface area (Å²) in [6.07, 6.45) is 2.28. The van der Waals surface area contributed by atoms with Crippen LogP contribution in [0.4, 0.5) is 5.69 Å². The summed E-state index contributed by atoms with van der Waals surface area (Å²) in [5, 5.41) is 9.35. The summed E-state index contributed by atoms with van der Waals surface area (Å²) in [5.74, 6) is -0.905. The lowest BCUT2D eigenvalue weighted by molar-refractivity contribution is -0.890. The number of anilines is 1. The van der Waals surface area contributed by atoms with Crippen LogP contribution >= 0.6 is 0 Å². The van der Waals surface area contributed by atoms with Crippen LogP contribution in [0.1, 0.15) is 32.8 Å². The van der Waals surface area contributed by atoms with E-state index < -0.39 is 5.97 Å². The van der Waals surface area contributed by atoms with Crippen LogP contribution in [0.2, 0.25) is 0 Å². The maximum absolute atomic E-state index is 12.3. The van der Waals surface area contributed by atoms with E-state index in [0.29, 0.717) is 17.6 Å². The predicted molar refractivity (Wildman–Crippen MR) is 118 cm³/mol. The first-order valence-electron chi connectivity index (χ1n) is 10.3. The van der Waals surface area contributed by atoms with Crippen LogP contribution in [0.15, 0.2) is 29.8 Å². The number of carbonyl (C=O) groups is 2. The van der Waals surface area contributed by atoms with Crippen molar-refractivity contribution in [1.82, 2.24) is 0 Å². The number of carbonyl (C=O) groups excluding carboxylic acids is 2. The third-order valence-corrected chi connectivity index (χ3v) is 4.82. The molecule has 0 atom stereocenters. The Hall–Kier alpha value is -2.85. The zero-order chi connectivity index (χ0) is 22.6. The van der Waals surface area contributed by atoms with E-state index in [4.69, 9.17) is 9.47 Å². The Labute approximate surface area is 180 Å². The minimum absolute atomic E-state index is 0.0225. The van der Waals surface area contributed by atoms with Gasteiger partial charge in [0.15, 0.2) is 0 Å². The molecule has 7 heteroatoms. The molecule has 7 nitrogen and oxygen atoms in total. The zero-order valence-corrected chi connectivity index (χ0v) is 18.8. The van der Waals surface area contributed by atoms with E-state index in [1.807, 2.05) is 44.4 Å². The summed E-state index contributed by atoms with van der Waals surface area (Å²) < 4.78 is 10.9. The van der Waals surface area contributed by atoms with Crippen molar-refractivity contribution in [3.63, 3.8) is 0 Å². The number of esters is 2. The molecule has 0 aromatic heterocycles. The van der Waals surface area contributed by atoms with Gasteiger partial charge in [0, 0.05) is 32.1 Å². The fourth-order valence-electron chi connectivity index (χ4n) is 2.96. The second kappa shape index (κ2) is 12.7. The molecule has 0 N–H and O–H groups in total. The lowest BCUT2D eigenvalue weighted by atomic mass is 10.1. The summed E-state index contributed by atoms with van der Waals surface area (Å²) in [7, 11) is 4.03. The molecule has 0 aliphatic heterocycles. The summed E-state index contributed by atoms with van der Waals surface area (Å²) in [5.41, 5.74) is 1.86. The Morgan fingerprint density at radius 1 is 1.07 bits per heavy atom. The first kappa shape index (κ1) is 25.2. The number of rotatable bonds is 12. The van der Waals surface area contributed by atoms with Crippen molar-refractivity contribution in [1.29, 1.82) is 5.26 Å². The van der Waals surface area contributed by atoms with E-state index >= 15 is 0 Å². The number of likely N-dealkylation sites (N-methyl/N-ethyl adjacent to an activating group) is 1. The standard InChI is InChI=1S/C23H34N3O4/c1-6-25(7-2)22-11-9-20(10-12-22)17-21(18-24)23(28)30-16-14-26(4,5)13-8-15-29-19(3)27/h9-12,17H,6-8,13-16H2,1-5H3/q+1. The van der Waals surface area contributed by atoms with Gasteiger partial charge in [-0.25, -0.2) is 4.79 Å². The van der Waals surface area contributed by atoms with Crippen LogP contribution in [-0.4, -0.2) is 69.9 Å². The van der Waals surface area contributed by atoms with Gasteiger partial charge in [-0.05, 0) is 37.6 Å². The number of benzene rings is 1. The lowest BCUT2D eigenvalue weighted by Gasteiger charge is -2.29. The number of quaternary nitrogens is 1. The maximum atomic E-state index is 12.3. The monoisotopic (exact) mass is 416 g/mol. The minimum Gasteiger partial charge on any atom is -0.466 e. The summed E-state index contributed by atoms with van der Waals surface area (Å²) >= 11 is 0. The van der Waals surface area contributed by atoms with Crippen LogP contribution in [0.3, 0.4) is 0 Å². The molecule has 0 saturated carbocycles. The van der Waals surface area contributed by atoms with Gasteiger partial charge in [0.25, 0.3) is 0 Å². The fourth-order valence-corrected chi connectivity index (χ4v) is 2.96. The molecule has 0 aliphatic carbocycles. The highest BCUT2D eigenvalue weighted by Crippen LogP contribution is 2.17. The number of hydrogen-bond donors (Lipinski definition) is 0. The highest BCUT2D eigenvalue weighted by Gasteiger charge is 2.17. The second-order valence-electron chi connectivity index (χ2n) is 7.65. The van der Waals surface area contributed by atoms with E-state index in [1.165, 1.54) is 6.92 Å². The van der Waals surface area contributed by atoms with Gasteiger partial charge in [0.1, 0.15) is 24.8 Å². The first-order chi connectivity index (χ1) is 14.2. The Morgan fingerprint density at radius 3 is 2.23 bits per heavy atom. The van der Waals surface area contributed by atoms with E-state index in [1.54, 1.807) is 6.08 Å². The van der Waals surface area contributed by atoms with Gasteiger partial charge in [-0.15, -0.1) is 0 Å². The highest BCUT2D eigenvalue weighted by molar-refractivity contribution is 5.97. The van der Waals surface area contributed by atoms with E-state index in [2.05, 4.69) is 18.7 Å². The van der Waals surface area contributed by atoms with Crippen molar-refractivity contribution in [2.75, 3.05) is 58.4 Å². The quantitative estimate of drug-likeness (QED) is 0.171. The molecular weight excluding hydrogens is 382 g/mol. The Bertz CT molecular complexity index is 760. The van der Waals surface area contributed by atoms with E-state index in [-0.39, 0.29) is 18.1 Å². The van der Waals surface area contributed by atoms with Crippen LogP contribution in [0.5, 0.6) is 0 Å². The smallest absolute Gasteiger partial charge is 0.349 e. The number of ether oxygens (including phenoxy) is 2. The Kier molecular flexibility index (Phi) is 10.6. The van der Waals surface area contributed by atoms with Crippen molar-refractivity contribution < 1.29 is 23.5 Å². The van der Waals surface area contributed by atoms with Gasteiger partial charge in [-0.1, -0.05) is 12.1 Å². The molecule has 164 valence electrons. The molecule has 0 unspecified atom stereocenters. The number of nitriles is 1. The van der Waals surface area contributed by atoms with Gasteiger partial charge in [-0.2, -0.15) is 5.26 Å². The summed E-state index contributed by atoms with van der Waals surface area (Å²) in [6.45, 7) is 9.39. The van der Waals surface area contributed by atoms with E-state index in [0.717, 1.165) is 37.3 Å². The minimum atomic E-state index is -0.620. The molecule has 0 spiro atoms. The zero-order valence-electron chi connectivity index (χ0n) is 18.8. The maximum Gasteiger partial charge on any atom is 0.349 e. The van der Waals surface area contributed by atoms with Gasteiger partial charge >= 0.3 is 11.9 Å². The first-order valence-corrected chi connectivity index (χ1v) is 10.3. The third kappa shape index (κ3) is 9.10. The van der Waals surface area contributed by atoms with Crippen LogP contribution in [-0.2, 0) is 19.1 Å². The molecular formula is C23H34N3O4+. The molecule has 0 heterocycles. The van der Waals surface area contributed by atoms with Gasteiger partial charge in [0.05, 0.1) is 27.2 Å². The lowest BCUT2D eigenvalue weighted by Crippen LogP contribution is -2.43. The van der Waals surface area contributed by atoms with Crippen molar-refractivity contribution in [2.45, 2.75) is 27.2 Å². The third-order valence-electron chi connectivity index (χ3n) is 4.82. The molecule has 0 saturated heterocycles. The van der Waals surface area contributed by atoms with Crippen molar-refractivity contribution in [3.8, 4) is 6.07 Å². The molecule has 1 aromatic rings. The molecule has 1 aromatic carbocycles. The van der Waals surface area contributed by atoms with Crippen molar-refractivity contribution in [3.05, 3.63) is 35.4 Å². The number of hydrogen-bond acceptors (Lipinski definition) is 6. The molecule has 0 aliphatic rings. The largest absolute Gasteiger partial charge is 0.466 e. The SMILES string of the molecule is CCN(CC)c1ccc(C=C(C#N)C(=O)OCC[N+](C)(C)CCCOC(C)=O)cc1. The molecule has 30 heavy (non-hydrogen) atoms. The molecule has 0 amide bonds. The fraction of sp³-hybridized carbons (Fsp3) is 0.522. The predicted octanol–water partition coefficient (Wildman–Crippen LogP) is 3.01. The molecule has 0 fully saturated rings. The van der Waals surface area contributed by atoms with Gasteiger partial charge in [-0.3, -0.25) is 4.79 Å². The normalized spacial score (nSPS) is 11.5. The average Bonchev–Trinajstić information content (AvgIpc) is 2.71. The Morgan fingerprint density at radius 2 is 1.70 bits per heavy atom. The second-order valence-corrected chi connectivity index (χ2v) is 7.65. The van der Waals surface area contributed by atoms with Crippen molar-refractivity contribution in [2.24, 2.45) is 0 Å². The molecule has 0 bridgehead atoms. The van der Waals surface area contributed by atoms with Crippen LogP contribution in [0, 0.1) is 11.3 Å². The van der Waals surface area contributed by atoms with Crippen LogP contribution < -0.4 is 4.90 Å². The summed E-state index contributed by atoms with van der Waals surface area (Å²) in [6, 6.07) is 9.68. The number of nitrogens with zero attached hydrogens (tertiary/aromatic N) is 3. The van der Waals surface area contributed by atoms with Gasteiger partial charge in [0.2, 0.25) is 0 Å². The average molecular weight is 417 g/mol. The Balaban J connectivity index is 2.58. The highest BCUT2D eigenvalue weighted by atomic mass is 16.5. The van der Waals surface area contributed by atoms with Crippen LogP contribution in [0.25, 0.3) is 6.08 Å². The van der Waals surface area contributed by atoms with E-state index in [9.17, 15) is 14.9 Å². The van der Waals surface area contributed by atoms with Crippen molar-refractivity contribution >= 4 is 23.7 Å². The summed E-state index contributed by atoms with van der Waals surface area (Å²) in [4.78, 5) is 25.3. The molecule has 0 radical (unpaired) electrons. The van der Waals surface area contributed by atoms with Gasteiger partial charge < -0.3 is 18.9 Å². The molecule has 1 rings (SSSR count). The topological polar surface area (TPSA) is 79.6 Å².